The molecule has 37 heavy (non-hydrogen) atoms. The molecule has 2 aliphatic rings. The molecule has 0 radical (unpaired) electrons. The van der Waals surface area contributed by atoms with Crippen molar-refractivity contribution in [3.63, 3.8) is 0 Å². The summed E-state index contributed by atoms with van der Waals surface area (Å²) in [4.78, 5) is 20.1. The molecule has 1 fully saturated rings. The Morgan fingerprint density at radius 3 is 2.97 bits per heavy atom. The van der Waals surface area contributed by atoms with Crippen LogP contribution in [0, 0.1) is 11.3 Å². The Kier molecular flexibility index (Phi) is 7.45. The third-order valence-corrected chi connectivity index (χ3v) is 8.14. The molecule has 2 amide bonds. The van der Waals surface area contributed by atoms with Crippen LogP contribution in [0.15, 0.2) is 42.6 Å². The van der Waals surface area contributed by atoms with Gasteiger partial charge in [0.2, 0.25) is 0 Å². The minimum Gasteiger partial charge on any atom is -0.490 e. The van der Waals surface area contributed by atoms with Gasteiger partial charge in [-0.25, -0.2) is 9.78 Å². The number of aliphatic hydroxyl groups is 1. The number of β-amino-alcohol motifs (C(OH)–C–C–N with tert-alkyl or cyclic N) is 1. The molecule has 5 rings (SSSR count). The van der Waals surface area contributed by atoms with E-state index < -0.39 is 6.10 Å². The van der Waals surface area contributed by atoms with E-state index in [0.29, 0.717) is 30.9 Å². The summed E-state index contributed by atoms with van der Waals surface area (Å²) < 4.78 is 5.76. The maximum Gasteiger partial charge on any atom is 0.317 e. The van der Waals surface area contributed by atoms with Crippen molar-refractivity contribution in [2.75, 3.05) is 19.6 Å². The lowest BCUT2D eigenvalue weighted by atomic mass is 9.98. The lowest BCUT2D eigenvalue weighted by Crippen LogP contribution is -2.47. The Bertz CT molecular complexity index is 1330. The minimum atomic E-state index is -0.420. The largest absolute Gasteiger partial charge is 0.490 e. The monoisotopic (exact) mass is 516 g/mol. The van der Waals surface area contributed by atoms with Crippen LogP contribution in [0.4, 0.5) is 4.79 Å². The summed E-state index contributed by atoms with van der Waals surface area (Å²) >= 11 is 1.62. The van der Waals surface area contributed by atoms with Crippen LogP contribution in [0.2, 0.25) is 0 Å². The summed E-state index contributed by atoms with van der Waals surface area (Å²) in [6.45, 7) is 5.59. The Morgan fingerprint density at radius 2 is 2.19 bits per heavy atom. The van der Waals surface area contributed by atoms with Crippen molar-refractivity contribution in [1.29, 1.82) is 5.26 Å². The zero-order valence-electron chi connectivity index (χ0n) is 21.2. The molecule has 1 unspecified atom stereocenters. The predicted molar refractivity (Wildman–Crippen MR) is 145 cm³/mol. The molecular weight excluding hydrogens is 484 g/mol. The molecule has 2 heterocycles. The fourth-order valence-electron chi connectivity index (χ4n) is 5.28. The highest BCUT2D eigenvalue weighted by Crippen LogP contribution is 2.42. The predicted octanol–water partition coefficient (Wildman–Crippen LogP) is 5.33. The van der Waals surface area contributed by atoms with Gasteiger partial charge in [0.05, 0.1) is 22.6 Å². The molecule has 1 aromatic heterocycles. The molecule has 1 aliphatic carbocycles. The van der Waals surface area contributed by atoms with Crippen LogP contribution in [-0.4, -0.2) is 52.9 Å². The van der Waals surface area contributed by atoms with Gasteiger partial charge in [-0.2, -0.15) is 5.26 Å². The fraction of sp³-hybridized carbons (Fsp3) is 0.414. The van der Waals surface area contributed by atoms with Gasteiger partial charge in [0, 0.05) is 37.3 Å². The van der Waals surface area contributed by atoms with E-state index in [4.69, 9.17) is 4.74 Å². The molecule has 0 spiro atoms. The van der Waals surface area contributed by atoms with Crippen LogP contribution in [-0.2, 0) is 6.42 Å². The normalized spacial score (nSPS) is 18.9. The number of thiazole rings is 1. The van der Waals surface area contributed by atoms with E-state index in [1.54, 1.807) is 16.2 Å². The zero-order valence-corrected chi connectivity index (χ0v) is 22.1. The van der Waals surface area contributed by atoms with Crippen molar-refractivity contribution in [2.24, 2.45) is 0 Å². The second-order valence-electron chi connectivity index (χ2n) is 10.1. The highest BCUT2D eigenvalue weighted by molar-refractivity contribution is 7.18. The number of nitrogens with one attached hydrogen (secondary N) is 1. The molecule has 0 saturated carbocycles. The Labute approximate surface area is 221 Å². The number of carbonyl (C=O) groups excluding carboxylic acids is 1. The lowest BCUT2D eigenvalue weighted by Gasteiger charge is -2.30. The van der Waals surface area contributed by atoms with E-state index in [0.717, 1.165) is 41.1 Å². The van der Waals surface area contributed by atoms with Gasteiger partial charge in [0.25, 0.3) is 0 Å². The number of nitriles is 1. The summed E-state index contributed by atoms with van der Waals surface area (Å²) in [5, 5.41) is 23.4. The van der Waals surface area contributed by atoms with E-state index in [1.807, 2.05) is 38.2 Å². The van der Waals surface area contributed by atoms with E-state index in [-0.39, 0.29) is 18.1 Å². The fourth-order valence-corrected chi connectivity index (χ4v) is 6.25. The number of amides is 2. The van der Waals surface area contributed by atoms with Crippen molar-refractivity contribution in [1.82, 2.24) is 15.2 Å². The summed E-state index contributed by atoms with van der Waals surface area (Å²) in [6.07, 6.45) is 5.05. The van der Waals surface area contributed by atoms with Gasteiger partial charge in [0.15, 0.2) is 0 Å². The van der Waals surface area contributed by atoms with Crippen molar-refractivity contribution >= 4 is 17.4 Å². The number of ether oxygens (including phenoxy) is 1. The minimum absolute atomic E-state index is 0.000552. The van der Waals surface area contributed by atoms with E-state index in [1.165, 1.54) is 16.7 Å². The van der Waals surface area contributed by atoms with Crippen molar-refractivity contribution in [2.45, 2.75) is 57.7 Å². The average Bonchev–Trinajstić information content (AvgIpc) is 3.55. The number of hydrogen-bond donors (Lipinski definition) is 2. The SMILES string of the molecule is CC(C)Oc1ccc(-c2ncc(-c3cccc4c3CCC4CNC(=O)N3CCC[C@H](O)C3)s2)cc1C#N. The smallest absolute Gasteiger partial charge is 0.317 e. The highest BCUT2D eigenvalue weighted by atomic mass is 32.1. The third-order valence-electron chi connectivity index (χ3n) is 7.06. The Morgan fingerprint density at radius 1 is 1.32 bits per heavy atom. The van der Waals surface area contributed by atoms with Crippen LogP contribution in [0.1, 0.15) is 55.7 Å². The van der Waals surface area contributed by atoms with Gasteiger partial charge in [-0.3, -0.25) is 0 Å². The molecule has 2 atom stereocenters. The first kappa shape index (κ1) is 25.2. The maximum absolute atomic E-state index is 12.6. The number of fused-ring (bicyclic) bond motifs is 1. The zero-order chi connectivity index (χ0) is 25.9. The second kappa shape index (κ2) is 10.9. The van der Waals surface area contributed by atoms with Crippen molar-refractivity contribution in [3.8, 4) is 32.8 Å². The summed E-state index contributed by atoms with van der Waals surface area (Å²) in [5.41, 5.74) is 5.21. The molecule has 2 aromatic carbocycles. The Balaban J connectivity index is 1.31. The van der Waals surface area contributed by atoms with Crippen LogP contribution in [0.3, 0.4) is 0 Å². The number of piperidine rings is 1. The topological polar surface area (TPSA) is 98.5 Å². The number of hydrogen-bond acceptors (Lipinski definition) is 6. The molecule has 1 aliphatic heterocycles. The highest BCUT2D eigenvalue weighted by Gasteiger charge is 2.28. The number of aromatic nitrogens is 1. The van der Waals surface area contributed by atoms with Crippen LogP contribution in [0.5, 0.6) is 5.75 Å². The molecule has 7 nitrogen and oxygen atoms in total. The number of carbonyl (C=O) groups is 1. The maximum atomic E-state index is 12.6. The molecule has 2 N–H and O–H groups in total. The first-order valence-electron chi connectivity index (χ1n) is 12.9. The molecular formula is C29H32N4O3S. The lowest BCUT2D eigenvalue weighted by molar-refractivity contribution is 0.0842. The van der Waals surface area contributed by atoms with Gasteiger partial charge in [-0.05, 0) is 74.4 Å². The average molecular weight is 517 g/mol. The van der Waals surface area contributed by atoms with Crippen molar-refractivity contribution < 1.29 is 14.6 Å². The number of urea groups is 1. The quantitative estimate of drug-likeness (QED) is 0.461. The van der Waals surface area contributed by atoms with Gasteiger partial charge in [-0.1, -0.05) is 18.2 Å². The number of rotatable bonds is 6. The third kappa shape index (κ3) is 5.48. The van der Waals surface area contributed by atoms with Gasteiger partial charge in [-0.15, -0.1) is 11.3 Å². The summed E-state index contributed by atoms with van der Waals surface area (Å²) in [5.74, 6) is 0.862. The van der Waals surface area contributed by atoms with Gasteiger partial charge in [0.1, 0.15) is 16.8 Å². The summed E-state index contributed by atoms with van der Waals surface area (Å²) in [6, 6.07) is 14.2. The van der Waals surface area contributed by atoms with Crippen LogP contribution >= 0.6 is 11.3 Å². The van der Waals surface area contributed by atoms with Crippen LogP contribution in [0.25, 0.3) is 21.0 Å². The number of likely N-dealkylation sites (tertiary alicyclic amines) is 1. The molecule has 3 aromatic rings. The molecule has 0 bridgehead atoms. The van der Waals surface area contributed by atoms with Crippen LogP contribution < -0.4 is 10.1 Å². The summed E-state index contributed by atoms with van der Waals surface area (Å²) in [7, 11) is 0. The molecule has 8 heteroatoms. The Hall–Kier alpha value is -3.41. The van der Waals surface area contributed by atoms with E-state index in [2.05, 4.69) is 34.6 Å². The first-order chi connectivity index (χ1) is 17.9. The van der Waals surface area contributed by atoms with Gasteiger partial charge >= 0.3 is 6.03 Å². The van der Waals surface area contributed by atoms with Gasteiger partial charge < -0.3 is 20.1 Å². The van der Waals surface area contributed by atoms with Crippen molar-refractivity contribution in [3.05, 3.63) is 59.3 Å². The standard InChI is InChI=1S/C29H32N4O3S/c1-18(2)36-26-11-9-19(13-21(26)14-30)28-31-16-27(37-28)25-7-3-6-23-20(8-10-24(23)25)15-32-29(35)33-12-4-5-22(34)17-33/h3,6-7,9,11,13,16,18,20,22,34H,4-5,8,10,12,15,17H2,1-2H3,(H,32,35)/t20?,22-/m0/s1. The number of nitrogens with zero attached hydrogens (tertiary/aromatic N) is 3. The number of aliphatic hydroxyl groups excluding tert-OH is 1. The van der Waals surface area contributed by atoms with E-state index >= 15 is 0 Å². The first-order valence-corrected chi connectivity index (χ1v) is 13.7. The van der Waals surface area contributed by atoms with E-state index in [9.17, 15) is 15.2 Å². The number of benzene rings is 2. The molecule has 1 saturated heterocycles. The second-order valence-corrected chi connectivity index (χ2v) is 11.1. The molecule has 192 valence electrons.